The standard InChI is InChI=1S/C18H22.6C2H6/c1-4-15-8-6-7-9-17(15)13-18-11-10-14(3)12-16(18)5-2;6*1-2/h6-12H,4-5,13H2,1-3H3;6*1-2H3. The fraction of sp³-hybridized carbons (Fsp3) is 0.600. The molecule has 0 N–H and O–H groups in total. The molecule has 0 saturated heterocycles. The molecular formula is C30H58. The summed E-state index contributed by atoms with van der Waals surface area (Å²) in [7, 11) is 0. The average Bonchev–Trinajstić information content (AvgIpc) is 2.88. The van der Waals surface area contributed by atoms with Gasteiger partial charge in [-0.25, -0.2) is 0 Å². The van der Waals surface area contributed by atoms with Gasteiger partial charge in [-0.1, -0.05) is 145 Å². The first-order chi connectivity index (χ1) is 14.7. The second-order valence-corrected chi connectivity index (χ2v) is 4.92. The van der Waals surface area contributed by atoms with Crippen LogP contribution in [-0.2, 0) is 19.3 Å². The summed E-state index contributed by atoms with van der Waals surface area (Å²) in [6, 6.07) is 15.6. The Labute approximate surface area is 193 Å². The summed E-state index contributed by atoms with van der Waals surface area (Å²) in [6.07, 6.45) is 3.29. The summed E-state index contributed by atoms with van der Waals surface area (Å²) < 4.78 is 0. The maximum absolute atomic E-state index is 2.32. The molecule has 0 heterocycles. The number of benzene rings is 2. The Morgan fingerprint density at radius 1 is 0.467 bits per heavy atom. The Bertz CT molecular complexity index is 523. The van der Waals surface area contributed by atoms with Crippen LogP contribution in [0, 0.1) is 6.92 Å². The molecular weight excluding hydrogens is 360 g/mol. The van der Waals surface area contributed by atoms with Crippen LogP contribution in [0.15, 0.2) is 42.5 Å². The minimum atomic E-state index is 1.06. The Morgan fingerprint density at radius 3 is 1.23 bits per heavy atom. The van der Waals surface area contributed by atoms with Crippen LogP contribution in [-0.4, -0.2) is 0 Å². The molecule has 0 radical (unpaired) electrons. The molecule has 2 aromatic rings. The molecule has 0 bridgehead atoms. The van der Waals surface area contributed by atoms with Gasteiger partial charge in [0.1, 0.15) is 0 Å². The van der Waals surface area contributed by atoms with E-state index in [-0.39, 0.29) is 0 Å². The zero-order chi connectivity index (χ0) is 25.0. The number of rotatable bonds is 4. The summed E-state index contributed by atoms with van der Waals surface area (Å²) in [4.78, 5) is 0. The molecule has 2 rings (SSSR count). The van der Waals surface area contributed by atoms with Crippen molar-refractivity contribution < 1.29 is 0 Å². The Morgan fingerprint density at radius 2 is 0.833 bits per heavy atom. The minimum absolute atomic E-state index is 1.06. The van der Waals surface area contributed by atoms with Crippen molar-refractivity contribution >= 4 is 0 Å². The van der Waals surface area contributed by atoms with Crippen molar-refractivity contribution in [2.45, 2.75) is 123 Å². The molecule has 0 aliphatic heterocycles. The molecule has 178 valence electrons. The van der Waals surface area contributed by atoms with Gasteiger partial charge in [0.2, 0.25) is 0 Å². The van der Waals surface area contributed by atoms with E-state index in [9.17, 15) is 0 Å². The van der Waals surface area contributed by atoms with E-state index in [1.807, 2.05) is 83.1 Å². The summed E-state index contributed by atoms with van der Waals surface area (Å²) in [5.74, 6) is 0. The van der Waals surface area contributed by atoms with Crippen molar-refractivity contribution in [3.8, 4) is 0 Å². The van der Waals surface area contributed by atoms with Gasteiger partial charge in [0.25, 0.3) is 0 Å². The zero-order valence-corrected chi connectivity index (χ0v) is 23.7. The van der Waals surface area contributed by atoms with Crippen LogP contribution in [0.2, 0.25) is 0 Å². The maximum Gasteiger partial charge on any atom is -0.00203 e. The van der Waals surface area contributed by atoms with E-state index >= 15 is 0 Å². The van der Waals surface area contributed by atoms with E-state index in [1.165, 1.54) is 27.8 Å². The van der Waals surface area contributed by atoms with Crippen molar-refractivity contribution in [3.63, 3.8) is 0 Å². The van der Waals surface area contributed by atoms with Gasteiger partial charge in [0.05, 0.1) is 0 Å². The largest absolute Gasteiger partial charge is 0.0683 e. The second kappa shape index (κ2) is 34.9. The van der Waals surface area contributed by atoms with Crippen LogP contribution in [0.3, 0.4) is 0 Å². The first-order valence-electron chi connectivity index (χ1n) is 12.9. The molecule has 2 aromatic carbocycles. The van der Waals surface area contributed by atoms with Crippen LogP contribution in [0.1, 0.15) is 125 Å². The third-order valence-corrected chi connectivity index (χ3v) is 3.62. The lowest BCUT2D eigenvalue weighted by Crippen LogP contribution is -1.98. The van der Waals surface area contributed by atoms with E-state index in [1.54, 1.807) is 0 Å². The van der Waals surface area contributed by atoms with Gasteiger partial charge in [-0.15, -0.1) is 0 Å². The molecule has 0 unspecified atom stereocenters. The molecule has 0 atom stereocenters. The zero-order valence-electron chi connectivity index (χ0n) is 23.7. The molecule has 0 aromatic heterocycles. The minimum Gasteiger partial charge on any atom is -0.0683 e. The van der Waals surface area contributed by atoms with Gasteiger partial charge in [-0.3, -0.25) is 0 Å². The van der Waals surface area contributed by atoms with E-state index in [0.29, 0.717) is 0 Å². The molecule has 0 fully saturated rings. The maximum atomic E-state index is 2.32. The van der Waals surface area contributed by atoms with Gasteiger partial charge >= 0.3 is 0 Å². The van der Waals surface area contributed by atoms with Crippen LogP contribution in [0.5, 0.6) is 0 Å². The lowest BCUT2D eigenvalue weighted by atomic mass is 9.93. The van der Waals surface area contributed by atoms with Crippen LogP contribution in [0.25, 0.3) is 0 Å². The van der Waals surface area contributed by atoms with Gasteiger partial charge in [-0.2, -0.15) is 0 Å². The molecule has 0 heteroatoms. The van der Waals surface area contributed by atoms with Gasteiger partial charge < -0.3 is 0 Å². The SMILES string of the molecule is CC.CC.CC.CC.CC.CC.CCc1ccccc1Cc1ccc(C)cc1CC. The predicted octanol–water partition coefficient (Wildman–Crippen LogP) is 10.9. The molecule has 0 saturated carbocycles. The monoisotopic (exact) mass is 418 g/mol. The van der Waals surface area contributed by atoms with E-state index < -0.39 is 0 Å². The highest BCUT2D eigenvalue weighted by atomic mass is 14.1. The van der Waals surface area contributed by atoms with E-state index in [0.717, 1.165) is 19.3 Å². The predicted molar refractivity (Wildman–Crippen MR) is 147 cm³/mol. The lowest BCUT2D eigenvalue weighted by molar-refractivity contribution is 1.02. The van der Waals surface area contributed by atoms with Crippen molar-refractivity contribution in [3.05, 3.63) is 70.3 Å². The fourth-order valence-electron chi connectivity index (χ4n) is 2.54. The normalized spacial score (nSPS) is 7.57. The summed E-state index contributed by atoms with van der Waals surface area (Å²) in [5, 5.41) is 0. The number of hydrogen-bond donors (Lipinski definition) is 0. The summed E-state index contributed by atoms with van der Waals surface area (Å²) in [5.41, 5.74) is 7.27. The average molecular weight is 419 g/mol. The first-order valence-corrected chi connectivity index (χ1v) is 12.9. The van der Waals surface area contributed by atoms with Crippen LogP contribution in [0.4, 0.5) is 0 Å². The first kappa shape index (κ1) is 39.0. The van der Waals surface area contributed by atoms with Crippen molar-refractivity contribution in [2.75, 3.05) is 0 Å². The molecule has 0 nitrogen and oxygen atoms in total. The molecule has 0 spiro atoms. The topological polar surface area (TPSA) is 0 Å². The smallest absolute Gasteiger partial charge is 0.00203 e. The summed E-state index contributed by atoms with van der Waals surface area (Å²) in [6.45, 7) is 30.6. The van der Waals surface area contributed by atoms with Crippen LogP contribution < -0.4 is 0 Å². The number of aryl methyl sites for hydroxylation is 3. The number of hydrogen-bond acceptors (Lipinski definition) is 0. The Kier molecular flexibility index (Phi) is 45.4. The lowest BCUT2D eigenvalue weighted by Gasteiger charge is -2.12. The highest BCUT2D eigenvalue weighted by Gasteiger charge is 2.05. The van der Waals surface area contributed by atoms with Gasteiger partial charge in [-0.05, 0) is 48.4 Å². The molecule has 30 heavy (non-hydrogen) atoms. The molecule has 0 aliphatic carbocycles. The van der Waals surface area contributed by atoms with Crippen molar-refractivity contribution in [2.24, 2.45) is 0 Å². The second-order valence-electron chi connectivity index (χ2n) is 4.92. The third-order valence-electron chi connectivity index (χ3n) is 3.62. The Hall–Kier alpha value is -1.56. The fourth-order valence-corrected chi connectivity index (χ4v) is 2.54. The van der Waals surface area contributed by atoms with Crippen molar-refractivity contribution in [1.82, 2.24) is 0 Å². The Balaban J connectivity index is -0.000000150. The van der Waals surface area contributed by atoms with E-state index in [4.69, 9.17) is 0 Å². The quantitative estimate of drug-likeness (QED) is 0.463. The van der Waals surface area contributed by atoms with Crippen LogP contribution >= 0.6 is 0 Å². The van der Waals surface area contributed by atoms with Gasteiger partial charge in [0, 0.05) is 0 Å². The van der Waals surface area contributed by atoms with Gasteiger partial charge in [0.15, 0.2) is 0 Å². The molecule has 0 aliphatic rings. The molecule has 0 amide bonds. The highest BCUT2D eigenvalue weighted by molar-refractivity contribution is 5.38. The van der Waals surface area contributed by atoms with Crippen molar-refractivity contribution in [1.29, 1.82) is 0 Å². The van der Waals surface area contributed by atoms with E-state index in [2.05, 4.69) is 63.2 Å². The summed E-state index contributed by atoms with van der Waals surface area (Å²) >= 11 is 0. The third kappa shape index (κ3) is 18.5. The highest BCUT2D eigenvalue weighted by Crippen LogP contribution is 2.19.